The number of halogens is 3. The second-order valence-corrected chi connectivity index (χ2v) is 10.7. The van der Waals surface area contributed by atoms with Crippen LogP contribution >= 0.6 is 11.8 Å². The van der Waals surface area contributed by atoms with Gasteiger partial charge in [0.25, 0.3) is 5.91 Å². The molecule has 2 aliphatic rings. The van der Waals surface area contributed by atoms with Crippen LogP contribution in [0.3, 0.4) is 0 Å². The first-order valence-corrected chi connectivity index (χ1v) is 12.8. The van der Waals surface area contributed by atoms with Crippen LogP contribution in [0.1, 0.15) is 46.8 Å². The summed E-state index contributed by atoms with van der Waals surface area (Å²) in [6.45, 7) is 3.01. The molecule has 1 aliphatic carbocycles. The van der Waals surface area contributed by atoms with E-state index in [1.807, 2.05) is 11.6 Å². The van der Waals surface area contributed by atoms with Crippen molar-refractivity contribution in [2.45, 2.75) is 36.5 Å². The van der Waals surface area contributed by atoms with E-state index in [4.69, 9.17) is 5.73 Å². The molecule has 2 atom stereocenters. The van der Waals surface area contributed by atoms with Crippen molar-refractivity contribution in [2.24, 2.45) is 18.2 Å². The minimum Gasteiger partial charge on any atom is -0.364 e. The molecule has 3 heterocycles. The van der Waals surface area contributed by atoms with Crippen LogP contribution < -0.4 is 5.73 Å². The minimum atomic E-state index is -4.29. The van der Waals surface area contributed by atoms with Gasteiger partial charge in [0.15, 0.2) is 11.0 Å². The number of amides is 1. The van der Waals surface area contributed by atoms with Crippen molar-refractivity contribution in [1.29, 1.82) is 0 Å². The minimum absolute atomic E-state index is 0.185. The monoisotopic (exact) mass is 516 g/mol. The van der Waals surface area contributed by atoms with Crippen LogP contribution in [-0.2, 0) is 13.2 Å². The summed E-state index contributed by atoms with van der Waals surface area (Å²) in [4.78, 5) is 17.8. The summed E-state index contributed by atoms with van der Waals surface area (Å²) in [5.74, 6) is 1.31. The number of carbonyl (C=O) groups is 1. The summed E-state index contributed by atoms with van der Waals surface area (Å²) in [6, 6.07) is 9.08. The van der Waals surface area contributed by atoms with Gasteiger partial charge in [0.05, 0.1) is 5.56 Å². The van der Waals surface area contributed by atoms with Crippen molar-refractivity contribution in [2.75, 3.05) is 25.4 Å². The largest absolute Gasteiger partial charge is 0.416 e. The van der Waals surface area contributed by atoms with Gasteiger partial charge in [-0.2, -0.15) is 13.2 Å². The molecule has 1 aromatic carbocycles. The highest BCUT2D eigenvalue weighted by Crippen LogP contribution is 2.64. The van der Waals surface area contributed by atoms with Crippen LogP contribution in [0.25, 0.3) is 11.4 Å². The molecule has 0 radical (unpaired) electrons. The fourth-order valence-electron chi connectivity index (χ4n) is 5.20. The van der Waals surface area contributed by atoms with Crippen molar-refractivity contribution >= 4 is 17.7 Å². The van der Waals surface area contributed by atoms with Gasteiger partial charge in [-0.1, -0.05) is 23.9 Å². The Morgan fingerprint density at radius 1 is 1.22 bits per heavy atom. The van der Waals surface area contributed by atoms with E-state index in [1.54, 1.807) is 36.0 Å². The maximum atomic E-state index is 12.8. The van der Waals surface area contributed by atoms with Gasteiger partial charge in [0.2, 0.25) is 0 Å². The van der Waals surface area contributed by atoms with Crippen LogP contribution in [0.15, 0.2) is 47.8 Å². The normalized spacial score (nSPS) is 21.8. The van der Waals surface area contributed by atoms with E-state index in [-0.39, 0.29) is 11.1 Å². The molecule has 5 rings (SSSR count). The van der Waals surface area contributed by atoms with Crippen LogP contribution in [0.5, 0.6) is 0 Å². The summed E-state index contributed by atoms with van der Waals surface area (Å²) >= 11 is 1.64. The molecule has 1 saturated carbocycles. The van der Waals surface area contributed by atoms with Gasteiger partial charge in [0.1, 0.15) is 5.69 Å². The number of pyridine rings is 1. The number of primary amides is 1. The first kappa shape index (κ1) is 24.8. The zero-order chi connectivity index (χ0) is 25.5. The first-order chi connectivity index (χ1) is 17.2. The Hall–Kier alpha value is -2.92. The number of thioether (sulfide) groups is 1. The molecule has 2 fully saturated rings. The van der Waals surface area contributed by atoms with Gasteiger partial charge >= 0.3 is 6.18 Å². The summed E-state index contributed by atoms with van der Waals surface area (Å²) < 4.78 is 40.4. The van der Waals surface area contributed by atoms with Crippen LogP contribution in [0.4, 0.5) is 13.2 Å². The molecule has 36 heavy (non-hydrogen) atoms. The first-order valence-electron chi connectivity index (χ1n) is 11.8. The average molecular weight is 517 g/mol. The molecule has 3 aromatic rings. The number of hydrogen-bond acceptors (Lipinski definition) is 6. The number of aromatic nitrogens is 4. The summed E-state index contributed by atoms with van der Waals surface area (Å²) in [7, 11) is 1.89. The fraction of sp³-hybridized carbons (Fsp3) is 0.440. The lowest BCUT2D eigenvalue weighted by molar-refractivity contribution is -0.137. The number of carbonyl (C=O) groups excluding carboxylic acids is 1. The van der Waals surface area contributed by atoms with Gasteiger partial charge < -0.3 is 15.2 Å². The third-order valence-corrected chi connectivity index (χ3v) is 8.36. The van der Waals surface area contributed by atoms with Crippen LogP contribution in [0, 0.1) is 5.41 Å². The SMILES string of the molecule is Cn1c(SCCCN2CC[C@]3(C[C@@H]3c3ccc(C(F)(F)F)cc3)C2)nnc1-c1ccnc(C(N)=O)c1. The highest BCUT2D eigenvalue weighted by Gasteiger charge is 2.57. The molecule has 0 unspecified atom stereocenters. The van der Waals surface area contributed by atoms with Crippen molar-refractivity contribution in [1.82, 2.24) is 24.6 Å². The third-order valence-electron chi connectivity index (χ3n) is 7.25. The Balaban J connectivity index is 1.10. The number of nitrogens with two attached hydrogens (primary N) is 1. The van der Waals surface area contributed by atoms with E-state index < -0.39 is 17.6 Å². The number of nitrogens with zero attached hydrogens (tertiary/aromatic N) is 5. The topological polar surface area (TPSA) is 89.9 Å². The molecule has 1 spiro atoms. The Kier molecular flexibility index (Phi) is 6.54. The average Bonchev–Trinajstić information content (AvgIpc) is 3.19. The quantitative estimate of drug-likeness (QED) is 0.354. The van der Waals surface area contributed by atoms with Crippen molar-refractivity contribution in [3.63, 3.8) is 0 Å². The highest BCUT2D eigenvalue weighted by molar-refractivity contribution is 7.99. The lowest BCUT2D eigenvalue weighted by Crippen LogP contribution is -2.23. The second-order valence-electron chi connectivity index (χ2n) is 9.63. The standard InChI is InChI=1S/C25H27F3N6OS/c1-33-22(17-7-9-30-20(13-17)21(29)35)31-32-23(33)36-12-2-10-34-11-8-24(15-34)14-19(24)16-3-5-18(6-4-16)25(26,27)28/h3-7,9,13,19H,2,8,10-12,14-15H2,1H3,(H2,29,35)/t19-,24+/m1/s1. The Morgan fingerprint density at radius 3 is 2.72 bits per heavy atom. The zero-order valence-electron chi connectivity index (χ0n) is 19.8. The van der Waals surface area contributed by atoms with E-state index in [0.717, 1.165) is 60.9 Å². The van der Waals surface area contributed by atoms with E-state index in [0.29, 0.717) is 11.7 Å². The van der Waals surface area contributed by atoms with Gasteiger partial charge in [-0.05, 0) is 73.5 Å². The van der Waals surface area contributed by atoms with Gasteiger partial charge in [-0.3, -0.25) is 9.78 Å². The number of likely N-dealkylation sites (tertiary alicyclic amines) is 1. The van der Waals surface area contributed by atoms with Gasteiger partial charge in [-0.25, -0.2) is 0 Å². The second kappa shape index (κ2) is 9.51. The summed E-state index contributed by atoms with van der Waals surface area (Å²) in [6.07, 6.45) is 0.383. The smallest absolute Gasteiger partial charge is 0.364 e. The third kappa shape index (κ3) is 4.99. The van der Waals surface area contributed by atoms with E-state index in [1.165, 1.54) is 18.3 Å². The summed E-state index contributed by atoms with van der Waals surface area (Å²) in [5, 5.41) is 9.35. The number of alkyl halides is 3. The Morgan fingerprint density at radius 2 is 2.00 bits per heavy atom. The number of rotatable bonds is 8. The number of hydrogen-bond donors (Lipinski definition) is 1. The molecule has 2 aromatic heterocycles. The van der Waals surface area contributed by atoms with E-state index in [9.17, 15) is 18.0 Å². The van der Waals surface area contributed by atoms with Gasteiger partial charge in [-0.15, -0.1) is 10.2 Å². The molecule has 11 heteroatoms. The van der Waals surface area contributed by atoms with Crippen LogP contribution in [-0.4, -0.2) is 55.9 Å². The Bertz CT molecular complexity index is 1260. The van der Waals surface area contributed by atoms with Crippen molar-refractivity contribution < 1.29 is 18.0 Å². The highest BCUT2D eigenvalue weighted by atomic mass is 32.2. The lowest BCUT2D eigenvalue weighted by atomic mass is 9.97. The predicted molar refractivity (Wildman–Crippen MR) is 130 cm³/mol. The molecule has 1 aliphatic heterocycles. The molecular formula is C25H27F3N6OS. The molecule has 1 amide bonds. The zero-order valence-corrected chi connectivity index (χ0v) is 20.6. The Labute approximate surface area is 211 Å². The van der Waals surface area contributed by atoms with E-state index in [2.05, 4.69) is 20.1 Å². The predicted octanol–water partition coefficient (Wildman–Crippen LogP) is 4.36. The maximum absolute atomic E-state index is 12.8. The van der Waals surface area contributed by atoms with Crippen molar-refractivity contribution in [3.05, 3.63) is 59.4 Å². The summed E-state index contributed by atoms with van der Waals surface area (Å²) in [5.41, 5.74) is 6.90. The molecule has 1 saturated heterocycles. The molecule has 190 valence electrons. The number of benzene rings is 1. The van der Waals surface area contributed by atoms with E-state index >= 15 is 0 Å². The van der Waals surface area contributed by atoms with Gasteiger partial charge in [0, 0.05) is 31.1 Å². The molecule has 2 N–H and O–H groups in total. The van der Waals surface area contributed by atoms with Crippen LogP contribution in [0.2, 0.25) is 0 Å². The van der Waals surface area contributed by atoms with Crippen molar-refractivity contribution in [3.8, 4) is 11.4 Å². The lowest BCUT2D eigenvalue weighted by Gasteiger charge is -2.16. The molecule has 0 bridgehead atoms. The molecular weight excluding hydrogens is 489 g/mol. The fourth-order valence-corrected chi connectivity index (χ4v) is 6.03. The molecule has 7 nitrogen and oxygen atoms in total. The maximum Gasteiger partial charge on any atom is 0.416 e.